The molecular weight excluding hydrogens is 202 g/mol. The first-order chi connectivity index (χ1) is 7.42. The number of fused-ring (bicyclic) bond motifs is 1. The number of nitrogen functional groups attached to an aromatic ring is 1. The molecule has 16 heavy (non-hydrogen) atoms. The van der Waals surface area contributed by atoms with Crippen LogP contribution in [0.15, 0.2) is 18.2 Å². The minimum atomic E-state index is -0.403. The Morgan fingerprint density at radius 3 is 2.75 bits per heavy atom. The van der Waals surface area contributed by atoms with E-state index < -0.39 is 5.60 Å². The molecule has 0 saturated heterocycles. The third-order valence-corrected chi connectivity index (χ3v) is 3.38. The van der Waals surface area contributed by atoms with Crippen molar-refractivity contribution in [3.63, 3.8) is 0 Å². The minimum absolute atomic E-state index is 0.116. The molecule has 3 nitrogen and oxygen atoms in total. The van der Waals surface area contributed by atoms with E-state index in [0.717, 1.165) is 0 Å². The second-order valence-electron chi connectivity index (χ2n) is 4.92. The summed E-state index contributed by atoms with van der Waals surface area (Å²) in [5.41, 5.74) is 6.47. The Hall–Kier alpha value is -1.51. The number of ether oxygens (including phenoxy) is 1. The highest BCUT2D eigenvalue weighted by Gasteiger charge is 2.38. The van der Waals surface area contributed by atoms with Gasteiger partial charge in [0.15, 0.2) is 5.78 Å². The molecule has 0 radical (unpaired) electrons. The molecule has 1 heterocycles. The summed E-state index contributed by atoms with van der Waals surface area (Å²) in [5.74, 6) is 1.06. The fraction of sp³-hybridized carbons (Fsp3) is 0.462. The van der Waals surface area contributed by atoms with Crippen LogP contribution in [0.3, 0.4) is 0 Å². The van der Waals surface area contributed by atoms with E-state index >= 15 is 0 Å². The lowest BCUT2D eigenvalue weighted by atomic mass is 9.83. The van der Waals surface area contributed by atoms with Crippen molar-refractivity contribution in [3.05, 3.63) is 23.8 Å². The molecule has 1 aromatic carbocycles. The van der Waals surface area contributed by atoms with Crippen molar-refractivity contribution >= 4 is 11.5 Å². The molecular formula is C13H17NO2. The van der Waals surface area contributed by atoms with Gasteiger partial charge in [-0.05, 0) is 31.0 Å². The van der Waals surface area contributed by atoms with E-state index in [4.69, 9.17) is 10.5 Å². The number of anilines is 1. The monoisotopic (exact) mass is 219 g/mol. The van der Waals surface area contributed by atoms with Gasteiger partial charge in [-0.25, -0.2) is 0 Å². The van der Waals surface area contributed by atoms with Crippen molar-refractivity contribution in [2.24, 2.45) is 5.92 Å². The van der Waals surface area contributed by atoms with Gasteiger partial charge in [-0.15, -0.1) is 0 Å². The Morgan fingerprint density at radius 1 is 1.44 bits per heavy atom. The van der Waals surface area contributed by atoms with Crippen molar-refractivity contribution in [2.45, 2.75) is 32.8 Å². The summed E-state index contributed by atoms with van der Waals surface area (Å²) in [6, 6.07) is 5.23. The fourth-order valence-corrected chi connectivity index (χ4v) is 1.88. The Labute approximate surface area is 95.6 Å². The van der Waals surface area contributed by atoms with E-state index in [1.165, 1.54) is 0 Å². The van der Waals surface area contributed by atoms with E-state index in [9.17, 15) is 4.79 Å². The standard InChI is InChI=1S/C13H17NO2/c1-8(2)13(3)7-11(15)10-6-9(14)4-5-12(10)16-13/h4-6,8H,7,14H2,1-3H3. The largest absolute Gasteiger partial charge is 0.486 e. The molecule has 0 aliphatic carbocycles. The summed E-state index contributed by atoms with van der Waals surface area (Å²) in [5, 5.41) is 0. The van der Waals surface area contributed by atoms with Crippen LogP contribution in [0.1, 0.15) is 37.6 Å². The molecule has 0 bridgehead atoms. The average molecular weight is 219 g/mol. The van der Waals surface area contributed by atoms with Crippen LogP contribution in [0.25, 0.3) is 0 Å². The van der Waals surface area contributed by atoms with Gasteiger partial charge in [-0.1, -0.05) is 13.8 Å². The van der Waals surface area contributed by atoms with Gasteiger partial charge in [0.25, 0.3) is 0 Å². The SMILES string of the molecule is CC(C)C1(C)CC(=O)c2cc(N)ccc2O1. The summed E-state index contributed by atoms with van der Waals surface area (Å²) in [4.78, 5) is 12.0. The number of ketones is 1. The number of Topliss-reactive ketones (excluding diaryl/α,β-unsaturated/α-hetero) is 1. The summed E-state index contributed by atoms with van der Waals surface area (Å²) in [6.45, 7) is 6.11. The first kappa shape index (κ1) is 11.0. The molecule has 2 N–H and O–H groups in total. The number of nitrogens with two attached hydrogens (primary N) is 1. The molecule has 1 unspecified atom stereocenters. The minimum Gasteiger partial charge on any atom is -0.486 e. The van der Waals surface area contributed by atoms with Crippen molar-refractivity contribution in [3.8, 4) is 5.75 Å². The number of hydrogen-bond donors (Lipinski definition) is 1. The van der Waals surface area contributed by atoms with Crippen LogP contribution in [0.4, 0.5) is 5.69 Å². The molecule has 0 fully saturated rings. The van der Waals surface area contributed by atoms with Gasteiger partial charge in [0.05, 0.1) is 12.0 Å². The van der Waals surface area contributed by atoms with Crippen molar-refractivity contribution in [2.75, 3.05) is 5.73 Å². The van der Waals surface area contributed by atoms with Gasteiger partial charge in [0, 0.05) is 5.69 Å². The Balaban J connectivity index is 2.45. The molecule has 0 amide bonds. The Bertz CT molecular complexity index is 440. The zero-order valence-corrected chi connectivity index (χ0v) is 9.91. The Kier molecular flexibility index (Phi) is 2.41. The van der Waals surface area contributed by atoms with Gasteiger partial charge >= 0.3 is 0 Å². The lowest BCUT2D eigenvalue weighted by molar-refractivity contribution is 0.0212. The number of rotatable bonds is 1. The van der Waals surface area contributed by atoms with Gasteiger partial charge in [-0.2, -0.15) is 0 Å². The van der Waals surface area contributed by atoms with Crippen molar-refractivity contribution in [1.82, 2.24) is 0 Å². The first-order valence-corrected chi connectivity index (χ1v) is 5.54. The number of benzene rings is 1. The molecule has 0 aromatic heterocycles. The molecule has 1 aromatic rings. The van der Waals surface area contributed by atoms with Crippen LogP contribution in [0, 0.1) is 5.92 Å². The fourth-order valence-electron chi connectivity index (χ4n) is 1.88. The van der Waals surface area contributed by atoms with Crippen molar-refractivity contribution in [1.29, 1.82) is 0 Å². The normalized spacial score (nSPS) is 24.1. The zero-order chi connectivity index (χ0) is 11.9. The molecule has 3 heteroatoms. The third-order valence-electron chi connectivity index (χ3n) is 3.38. The summed E-state index contributed by atoms with van der Waals surface area (Å²) in [6.07, 6.45) is 0.418. The van der Waals surface area contributed by atoms with Crippen LogP contribution in [-0.2, 0) is 0 Å². The quantitative estimate of drug-likeness (QED) is 0.739. The number of carbonyl (C=O) groups is 1. The second-order valence-corrected chi connectivity index (χ2v) is 4.92. The van der Waals surface area contributed by atoms with Gasteiger partial charge < -0.3 is 10.5 Å². The topological polar surface area (TPSA) is 52.3 Å². The maximum Gasteiger partial charge on any atom is 0.170 e. The lowest BCUT2D eigenvalue weighted by Gasteiger charge is -2.38. The van der Waals surface area contributed by atoms with E-state index in [2.05, 4.69) is 13.8 Å². The van der Waals surface area contributed by atoms with Crippen LogP contribution < -0.4 is 10.5 Å². The molecule has 1 aliphatic heterocycles. The molecule has 86 valence electrons. The molecule has 0 saturated carbocycles. The lowest BCUT2D eigenvalue weighted by Crippen LogP contribution is -2.43. The highest BCUT2D eigenvalue weighted by Crippen LogP contribution is 2.37. The van der Waals surface area contributed by atoms with Gasteiger partial charge in [-0.3, -0.25) is 4.79 Å². The van der Waals surface area contributed by atoms with Crippen LogP contribution in [-0.4, -0.2) is 11.4 Å². The zero-order valence-electron chi connectivity index (χ0n) is 9.91. The van der Waals surface area contributed by atoms with Crippen LogP contribution in [0.2, 0.25) is 0 Å². The van der Waals surface area contributed by atoms with Gasteiger partial charge in [0.1, 0.15) is 11.4 Å². The van der Waals surface area contributed by atoms with Gasteiger partial charge in [0.2, 0.25) is 0 Å². The highest BCUT2D eigenvalue weighted by molar-refractivity contribution is 6.01. The predicted octanol–water partition coefficient (Wildman–Crippen LogP) is 2.65. The van der Waals surface area contributed by atoms with E-state index in [0.29, 0.717) is 29.3 Å². The van der Waals surface area contributed by atoms with Crippen LogP contribution in [0.5, 0.6) is 5.75 Å². The van der Waals surface area contributed by atoms with E-state index in [-0.39, 0.29) is 5.78 Å². The summed E-state index contributed by atoms with van der Waals surface area (Å²) >= 11 is 0. The highest BCUT2D eigenvalue weighted by atomic mass is 16.5. The van der Waals surface area contributed by atoms with E-state index in [1.807, 2.05) is 6.92 Å². The van der Waals surface area contributed by atoms with E-state index in [1.54, 1.807) is 18.2 Å². The first-order valence-electron chi connectivity index (χ1n) is 5.54. The Morgan fingerprint density at radius 2 is 2.12 bits per heavy atom. The summed E-state index contributed by atoms with van der Waals surface area (Å²) in [7, 11) is 0. The summed E-state index contributed by atoms with van der Waals surface area (Å²) < 4.78 is 5.93. The molecule has 1 aliphatic rings. The van der Waals surface area contributed by atoms with Crippen molar-refractivity contribution < 1.29 is 9.53 Å². The number of carbonyl (C=O) groups excluding carboxylic acids is 1. The smallest absolute Gasteiger partial charge is 0.170 e. The molecule has 1 atom stereocenters. The molecule has 0 spiro atoms. The van der Waals surface area contributed by atoms with Crippen LogP contribution >= 0.6 is 0 Å². The predicted molar refractivity (Wildman–Crippen MR) is 63.7 cm³/mol. The second kappa shape index (κ2) is 3.51. The maximum absolute atomic E-state index is 12.0. The number of hydrogen-bond acceptors (Lipinski definition) is 3. The molecule has 2 rings (SSSR count). The third kappa shape index (κ3) is 1.66. The maximum atomic E-state index is 12.0. The average Bonchev–Trinajstić information content (AvgIpc) is 2.19.